The number of aliphatic hydroxyl groups excluding tert-OH is 4. The Kier molecular flexibility index (Phi) is 9.42. The van der Waals surface area contributed by atoms with Gasteiger partial charge in [0.15, 0.2) is 30.1 Å². The van der Waals surface area contributed by atoms with Gasteiger partial charge in [-0.3, -0.25) is 18.4 Å². The summed E-state index contributed by atoms with van der Waals surface area (Å²) in [5, 5.41) is 40.7. The van der Waals surface area contributed by atoms with Crippen molar-refractivity contribution in [3.8, 4) is 0 Å². The number of phosphoric ester groups is 2. The number of anilines is 1. The van der Waals surface area contributed by atoms with Gasteiger partial charge in [-0.1, -0.05) is 0 Å². The van der Waals surface area contributed by atoms with E-state index in [9.17, 15) is 44.1 Å². The molecule has 42 heavy (non-hydrogen) atoms. The molecule has 10 atom stereocenters. The lowest BCUT2D eigenvalue weighted by molar-refractivity contribution is -0.166. The number of nitrogens with two attached hydrogens (primary N) is 1. The highest BCUT2D eigenvalue weighted by Gasteiger charge is 2.49. The highest BCUT2D eigenvalue weighted by atomic mass is 31.3. The van der Waals surface area contributed by atoms with E-state index in [1.54, 1.807) is 0 Å². The number of imidazole rings is 1. The van der Waals surface area contributed by atoms with E-state index in [2.05, 4.69) is 28.3 Å². The second kappa shape index (κ2) is 12.1. The Bertz CT molecular complexity index is 1390. The Morgan fingerprint density at radius 3 is 2.21 bits per heavy atom. The van der Waals surface area contributed by atoms with Gasteiger partial charge in [-0.15, -0.1) is 0 Å². The first-order valence-electron chi connectivity index (χ1n) is 12.2. The predicted octanol–water partition coefficient (Wildman–Crippen LogP) is -1.69. The zero-order chi connectivity index (χ0) is 31.2. The molecule has 8 N–H and O–H groups in total. The van der Waals surface area contributed by atoms with Crippen molar-refractivity contribution in [2.45, 2.75) is 69.9 Å². The van der Waals surface area contributed by atoms with E-state index in [-0.39, 0.29) is 17.0 Å². The van der Waals surface area contributed by atoms with Gasteiger partial charge in [-0.25, -0.2) is 24.1 Å². The van der Waals surface area contributed by atoms with Crippen LogP contribution in [-0.2, 0) is 41.5 Å². The van der Waals surface area contributed by atoms with Crippen molar-refractivity contribution in [2.24, 2.45) is 5.41 Å². The quantitative estimate of drug-likeness (QED) is 0.112. The van der Waals surface area contributed by atoms with Crippen molar-refractivity contribution in [3.63, 3.8) is 0 Å². The topological polar surface area (TPSA) is 298 Å². The number of rotatable bonds is 10. The summed E-state index contributed by atoms with van der Waals surface area (Å²) in [4.78, 5) is 44.0. The molecule has 0 spiro atoms. The molecular formula is C20H31N5O15P2. The molecule has 0 aromatic carbocycles. The zero-order valence-electron chi connectivity index (χ0n) is 22.3. The number of esters is 1. The van der Waals surface area contributed by atoms with Crippen LogP contribution in [0.1, 0.15) is 27.0 Å². The molecule has 2 saturated heterocycles. The lowest BCUT2D eigenvalue weighted by Crippen LogP contribution is -2.41. The Labute approximate surface area is 237 Å². The monoisotopic (exact) mass is 643 g/mol. The van der Waals surface area contributed by atoms with Crippen molar-refractivity contribution in [1.82, 2.24) is 19.5 Å². The molecule has 2 fully saturated rings. The molecule has 2 aromatic rings. The summed E-state index contributed by atoms with van der Waals surface area (Å²) in [6.45, 7) is 2.73. The Morgan fingerprint density at radius 1 is 0.976 bits per heavy atom. The average Bonchev–Trinajstić information content (AvgIpc) is 3.51. The molecule has 0 radical (unpaired) electrons. The van der Waals surface area contributed by atoms with Gasteiger partial charge in [0, 0.05) is 0 Å². The SMILES string of the molecule is CC(C)(C)C(=O)O[C@@H]1[C@@H](COP(=O)(O)OP(=O)(O)OC[C@H]2O[C@@H](n3cnc4c(N)ncnc43)[C@H](O)[C@@H]2O)OC(O)[C@@H]1O. The minimum atomic E-state index is -5.38. The number of nitrogens with zero attached hydrogens (tertiary/aromatic N) is 4. The number of carbonyl (C=O) groups is 1. The summed E-state index contributed by atoms with van der Waals surface area (Å²) in [5.41, 5.74) is 5.09. The molecule has 4 rings (SSSR count). The van der Waals surface area contributed by atoms with E-state index in [1.807, 2.05) is 0 Å². The van der Waals surface area contributed by atoms with E-state index in [0.29, 0.717) is 0 Å². The van der Waals surface area contributed by atoms with Gasteiger partial charge < -0.3 is 50.2 Å². The van der Waals surface area contributed by atoms with E-state index < -0.39 is 89.4 Å². The Balaban J connectivity index is 1.33. The van der Waals surface area contributed by atoms with Gasteiger partial charge >= 0.3 is 21.6 Å². The maximum absolute atomic E-state index is 12.4. The second-order valence-corrected chi connectivity index (χ2v) is 13.5. The first-order valence-corrected chi connectivity index (χ1v) is 15.2. The van der Waals surface area contributed by atoms with Crippen LogP contribution in [0.15, 0.2) is 12.7 Å². The van der Waals surface area contributed by atoms with Crippen molar-refractivity contribution in [1.29, 1.82) is 0 Å². The van der Waals surface area contributed by atoms with Crippen molar-refractivity contribution in [3.05, 3.63) is 12.7 Å². The number of aromatic nitrogens is 4. The molecule has 0 aliphatic carbocycles. The van der Waals surface area contributed by atoms with Gasteiger partial charge in [0.25, 0.3) is 0 Å². The summed E-state index contributed by atoms with van der Waals surface area (Å²) in [7, 11) is -10.8. The molecule has 22 heteroatoms. The summed E-state index contributed by atoms with van der Waals surface area (Å²) in [6, 6.07) is 0. The fraction of sp³-hybridized carbons (Fsp3) is 0.700. The van der Waals surface area contributed by atoms with E-state index in [1.165, 1.54) is 31.7 Å². The zero-order valence-corrected chi connectivity index (χ0v) is 24.1. The van der Waals surface area contributed by atoms with Gasteiger partial charge in [-0.2, -0.15) is 4.31 Å². The fourth-order valence-electron chi connectivity index (χ4n) is 3.97. The number of aliphatic hydroxyl groups is 4. The van der Waals surface area contributed by atoms with Gasteiger partial charge in [0.1, 0.15) is 42.4 Å². The van der Waals surface area contributed by atoms with E-state index in [4.69, 9.17) is 19.9 Å². The third-order valence-corrected chi connectivity index (χ3v) is 8.78. The van der Waals surface area contributed by atoms with E-state index in [0.717, 1.165) is 6.33 Å². The van der Waals surface area contributed by atoms with Crippen LogP contribution >= 0.6 is 15.6 Å². The minimum absolute atomic E-state index is 0.0500. The number of hydrogen-bond acceptors (Lipinski definition) is 17. The highest BCUT2D eigenvalue weighted by Crippen LogP contribution is 2.60. The maximum Gasteiger partial charge on any atom is 0.481 e. The van der Waals surface area contributed by atoms with Gasteiger partial charge in [-0.05, 0) is 20.8 Å². The summed E-state index contributed by atoms with van der Waals surface area (Å²) < 4.78 is 55.3. The molecule has 0 saturated carbocycles. The Hall–Kier alpha value is -2.16. The van der Waals surface area contributed by atoms with Gasteiger partial charge in [0.2, 0.25) is 0 Å². The normalized spacial score (nSPS) is 33.0. The van der Waals surface area contributed by atoms with Crippen LogP contribution in [0, 0.1) is 5.41 Å². The number of ether oxygens (including phenoxy) is 3. The number of carbonyl (C=O) groups excluding carboxylic acids is 1. The molecule has 0 bridgehead atoms. The molecule has 4 heterocycles. The molecule has 20 nitrogen and oxygen atoms in total. The molecule has 2 aliphatic heterocycles. The lowest BCUT2D eigenvalue weighted by atomic mass is 9.97. The third kappa shape index (κ3) is 7.13. The number of hydrogen-bond donors (Lipinski definition) is 7. The van der Waals surface area contributed by atoms with Crippen LogP contribution in [0.3, 0.4) is 0 Å². The summed E-state index contributed by atoms with van der Waals surface area (Å²) in [6.07, 6.45) is -10.1. The summed E-state index contributed by atoms with van der Waals surface area (Å²) in [5.74, 6) is -0.734. The first kappa shape index (κ1) is 32.7. The lowest BCUT2D eigenvalue weighted by Gasteiger charge is -2.25. The van der Waals surface area contributed by atoms with Crippen LogP contribution < -0.4 is 5.73 Å². The van der Waals surface area contributed by atoms with Crippen LogP contribution in [0.5, 0.6) is 0 Å². The largest absolute Gasteiger partial charge is 0.481 e. The maximum atomic E-state index is 12.4. The number of nitrogen functional groups attached to an aromatic ring is 1. The highest BCUT2D eigenvalue weighted by molar-refractivity contribution is 7.61. The van der Waals surface area contributed by atoms with Crippen LogP contribution in [0.2, 0.25) is 0 Å². The molecule has 236 valence electrons. The molecule has 3 unspecified atom stereocenters. The van der Waals surface area contributed by atoms with Crippen LogP contribution in [0.25, 0.3) is 11.2 Å². The number of phosphoric acid groups is 2. The molecule has 2 aliphatic rings. The van der Waals surface area contributed by atoms with Crippen LogP contribution in [-0.4, -0.2) is 112 Å². The number of fused-ring (bicyclic) bond motifs is 1. The van der Waals surface area contributed by atoms with E-state index >= 15 is 0 Å². The minimum Gasteiger partial charge on any atom is -0.456 e. The molecule has 0 amide bonds. The third-order valence-electron chi connectivity index (χ3n) is 6.17. The average molecular weight is 643 g/mol. The van der Waals surface area contributed by atoms with Crippen molar-refractivity contribution >= 4 is 38.6 Å². The van der Waals surface area contributed by atoms with Gasteiger partial charge in [0.05, 0.1) is 25.0 Å². The van der Waals surface area contributed by atoms with Crippen molar-refractivity contribution < 1.29 is 71.7 Å². The fourth-order valence-corrected chi connectivity index (χ4v) is 6.06. The smallest absolute Gasteiger partial charge is 0.456 e. The van der Waals surface area contributed by atoms with Crippen LogP contribution in [0.4, 0.5) is 5.82 Å². The standard InChI is InChI=1S/C20H31N5O15P2/c1-20(2,3)19(30)39-14-9(38-18(29)13(14)28)5-36-42(33,34)40-41(31,32)35-4-8-11(26)12(27)17(37-8)25-7-24-10-15(21)22-6-23-16(10)25/h6-9,11-14,17-18,26-29H,4-5H2,1-3H3,(H,31,32)(H,33,34)(H2,21,22,23)/t8-,9-,11-,12-,13-,14-,17-,18?/m1/s1. The molecular weight excluding hydrogens is 612 g/mol. The summed E-state index contributed by atoms with van der Waals surface area (Å²) >= 11 is 0. The second-order valence-electron chi connectivity index (χ2n) is 10.4. The van der Waals surface area contributed by atoms with Crippen molar-refractivity contribution in [2.75, 3.05) is 18.9 Å². The Morgan fingerprint density at radius 2 is 1.60 bits per heavy atom. The first-order chi connectivity index (χ1) is 19.4. The molecule has 2 aromatic heterocycles. The predicted molar refractivity (Wildman–Crippen MR) is 135 cm³/mol.